The van der Waals surface area contributed by atoms with Gasteiger partial charge in [0.25, 0.3) is 0 Å². The van der Waals surface area contributed by atoms with Gasteiger partial charge in [-0.15, -0.1) is 0 Å². The van der Waals surface area contributed by atoms with Crippen LogP contribution in [-0.2, 0) is 0 Å². The number of halogens is 1. The van der Waals surface area contributed by atoms with Crippen molar-refractivity contribution in [2.24, 2.45) is 0 Å². The summed E-state index contributed by atoms with van der Waals surface area (Å²) in [6.45, 7) is 2.88. The summed E-state index contributed by atoms with van der Waals surface area (Å²) in [4.78, 5) is 20.7. The average Bonchev–Trinajstić information content (AvgIpc) is 2.81. The molecule has 0 bridgehead atoms. The van der Waals surface area contributed by atoms with Gasteiger partial charge in [0.2, 0.25) is 0 Å². The molecule has 2 aromatic carbocycles. The lowest BCUT2D eigenvalue weighted by Gasteiger charge is -2.09. The predicted octanol–water partition coefficient (Wildman–Crippen LogP) is 6.37. The van der Waals surface area contributed by atoms with E-state index in [0.717, 1.165) is 36.1 Å². The maximum atomic E-state index is 13.6. The molecule has 0 atom stereocenters. The third-order valence-corrected chi connectivity index (χ3v) is 5.23. The van der Waals surface area contributed by atoms with Gasteiger partial charge in [0, 0.05) is 17.1 Å². The number of hydrogen-bond donors (Lipinski definition) is 1. The summed E-state index contributed by atoms with van der Waals surface area (Å²) >= 11 is 0. The quantitative estimate of drug-likeness (QED) is 0.329. The zero-order chi connectivity index (χ0) is 22.5. The number of carbonyl (C=O) groups is 1. The highest BCUT2D eigenvalue weighted by Crippen LogP contribution is 2.27. The number of aromatic carboxylic acids is 1. The molecular weight excluding hydrogens is 407 g/mol. The monoisotopic (exact) mass is 430 g/mol. The zero-order valence-electron chi connectivity index (χ0n) is 17.7. The number of fused-ring (bicyclic) bond motifs is 1. The molecule has 162 valence electrons. The minimum atomic E-state index is -1.14. The van der Waals surface area contributed by atoms with Gasteiger partial charge < -0.3 is 9.84 Å². The molecule has 0 fully saturated rings. The molecule has 5 nitrogen and oxygen atoms in total. The number of aromatic nitrogens is 2. The van der Waals surface area contributed by atoms with Crippen LogP contribution in [0.3, 0.4) is 0 Å². The van der Waals surface area contributed by atoms with Gasteiger partial charge in [-0.1, -0.05) is 38.0 Å². The van der Waals surface area contributed by atoms with Crippen molar-refractivity contribution >= 4 is 16.9 Å². The Morgan fingerprint density at radius 2 is 1.75 bits per heavy atom. The van der Waals surface area contributed by atoms with Crippen LogP contribution in [0.5, 0.6) is 5.75 Å². The van der Waals surface area contributed by atoms with Gasteiger partial charge in [-0.3, -0.25) is 4.98 Å². The number of nitrogens with zero attached hydrogens (tertiary/aromatic N) is 2. The van der Waals surface area contributed by atoms with Crippen LogP contribution in [0.2, 0.25) is 0 Å². The van der Waals surface area contributed by atoms with Crippen LogP contribution in [-0.4, -0.2) is 27.7 Å². The molecule has 2 aromatic heterocycles. The van der Waals surface area contributed by atoms with Crippen LogP contribution in [0.15, 0.2) is 66.9 Å². The second-order valence-corrected chi connectivity index (χ2v) is 7.53. The Morgan fingerprint density at radius 3 is 2.44 bits per heavy atom. The topological polar surface area (TPSA) is 72.3 Å². The van der Waals surface area contributed by atoms with E-state index in [2.05, 4.69) is 16.9 Å². The number of carboxylic acids is 1. The van der Waals surface area contributed by atoms with E-state index in [1.54, 1.807) is 12.3 Å². The van der Waals surface area contributed by atoms with Gasteiger partial charge in [-0.2, -0.15) is 0 Å². The van der Waals surface area contributed by atoms with Crippen molar-refractivity contribution in [3.05, 3.63) is 78.2 Å². The molecule has 0 amide bonds. The number of carboxylic acid groups (broad SMARTS) is 1. The molecule has 0 aliphatic rings. The first-order valence-corrected chi connectivity index (χ1v) is 10.6. The Labute approximate surface area is 185 Å². The Hall–Kier alpha value is -3.80. The first kappa shape index (κ1) is 21.4. The molecule has 0 unspecified atom stereocenters. The van der Waals surface area contributed by atoms with E-state index in [-0.39, 0.29) is 10.9 Å². The van der Waals surface area contributed by atoms with Gasteiger partial charge >= 0.3 is 5.97 Å². The largest absolute Gasteiger partial charge is 0.494 e. The van der Waals surface area contributed by atoms with Crippen LogP contribution in [0.25, 0.3) is 33.4 Å². The molecule has 0 aliphatic carbocycles. The van der Waals surface area contributed by atoms with Crippen molar-refractivity contribution in [1.82, 2.24) is 9.97 Å². The second kappa shape index (κ2) is 9.56. The number of ether oxygens (including phenoxy) is 1. The number of benzene rings is 2. The highest BCUT2D eigenvalue weighted by Gasteiger charge is 2.14. The Bertz CT molecular complexity index is 1240. The third-order valence-electron chi connectivity index (χ3n) is 5.23. The Kier molecular flexibility index (Phi) is 6.40. The summed E-state index contributed by atoms with van der Waals surface area (Å²) in [5, 5.41) is 9.82. The van der Waals surface area contributed by atoms with Crippen molar-refractivity contribution in [3.8, 4) is 28.3 Å². The van der Waals surface area contributed by atoms with E-state index in [1.807, 2.05) is 30.3 Å². The number of hydrogen-bond acceptors (Lipinski definition) is 4. The summed E-state index contributed by atoms with van der Waals surface area (Å²) in [5.41, 5.74) is 3.28. The average molecular weight is 430 g/mol. The summed E-state index contributed by atoms with van der Waals surface area (Å²) in [6.07, 6.45) is 5.09. The lowest BCUT2D eigenvalue weighted by molar-refractivity contribution is 0.0699. The normalized spacial score (nSPS) is 10.9. The van der Waals surface area contributed by atoms with Gasteiger partial charge in [0.05, 0.1) is 29.1 Å². The summed E-state index contributed by atoms with van der Waals surface area (Å²) in [5.74, 6) is -0.806. The highest BCUT2D eigenvalue weighted by atomic mass is 19.1. The van der Waals surface area contributed by atoms with E-state index in [0.29, 0.717) is 23.5 Å². The Morgan fingerprint density at radius 1 is 0.969 bits per heavy atom. The zero-order valence-corrected chi connectivity index (χ0v) is 17.7. The van der Waals surface area contributed by atoms with Crippen molar-refractivity contribution in [1.29, 1.82) is 0 Å². The van der Waals surface area contributed by atoms with Gasteiger partial charge in [-0.25, -0.2) is 14.2 Å². The van der Waals surface area contributed by atoms with Crippen molar-refractivity contribution < 1.29 is 19.0 Å². The molecule has 1 N–H and O–H groups in total. The van der Waals surface area contributed by atoms with E-state index in [4.69, 9.17) is 4.74 Å². The first-order valence-electron chi connectivity index (χ1n) is 10.6. The molecule has 0 saturated carbocycles. The summed E-state index contributed by atoms with van der Waals surface area (Å²) < 4.78 is 19.3. The molecule has 0 aliphatic heterocycles. The lowest BCUT2D eigenvalue weighted by Crippen LogP contribution is -2.01. The van der Waals surface area contributed by atoms with E-state index in [1.165, 1.54) is 24.3 Å². The molecule has 0 spiro atoms. The molecule has 6 heteroatoms. The van der Waals surface area contributed by atoms with Crippen LogP contribution >= 0.6 is 0 Å². The smallest absolute Gasteiger partial charge is 0.336 e. The maximum absolute atomic E-state index is 13.6. The second-order valence-electron chi connectivity index (χ2n) is 7.53. The van der Waals surface area contributed by atoms with Crippen LogP contribution in [0, 0.1) is 5.82 Å². The minimum Gasteiger partial charge on any atom is -0.494 e. The fourth-order valence-corrected chi connectivity index (χ4v) is 3.51. The fourth-order valence-electron chi connectivity index (χ4n) is 3.51. The molecule has 2 heterocycles. The van der Waals surface area contributed by atoms with Gasteiger partial charge in [-0.05, 0) is 54.4 Å². The Balaban J connectivity index is 1.57. The van der Waals surface area contributed by atoms with E-state index < -0.39 is 11.8 Å². The van der Waals surface area contributed by atoms with Crippen molar-refractivity contribution in [2.75, 3.05) is 6.61 Å². The standard InChI is InChI=1S/C26H23FN2O3/c1-2-3-4-13-32-20-9-5-17(6-10-20)18-7-11-24(28-16-18)25-15-22(26(30)31)21-14-19(27)8-12-23(21)29-25/h5-12,14-16H,2-4,13H2,1H3,(H,30,31). The SMILES string of the molecule is CCCCCOc1ccc(-c2ccc(-c3cc(C(=O)O)c4cc(F)ccc4n3)nc2)cc1. The molecule has 32 heavy (non-hydrogen) atoms. The highest BCUT2D eigenvalue weighted by molar-refractivity contribution is 6.03. The number of rotatable bonds is 8. The number of unbranched alkanes of at least 4 members (excludes halogenated alkanes) is 2. The molecule has 0 radical (unpaired) electrons. The van der Waals surface area contributed by atoms with Crippen LogP contribution in [0.1, 0.15) is 36.5 Å². The fraction of sp³-hybridized carbons (Fsp3) is 0.192. The molecule has 4 aromatic rings. The third kappa shape index (κ3) is 4.75. The molecule has 4 rings (SSSR count). The first-order chi connectivity index (χ1) is 15.5. The molecular formula is C26H23FN2O3. The lowest BCUT2D eigenvalue weighted by atomic mass is 10.0. The van der Waals surface area contributed by atoms with E-state index >= 15 is 0 Å². The summed E-state index contributed by atoms with van der Waals surface area (Å²) in [7, 11) is 0. The minimum absolute atomic E-state index is 0.00935. The van der Waals surface area contributed by atoms with Gasteiger partial charge in [0.15, 0.2) is 0 Å². The van der Waals surface area contributed by atoms with E-state index in [9.17, 15) is 14.3 Å². The van der Waals surface area contributed by atoms with Crippen molar-refractivity contribution in [2.45, 2.75) is 26.2 Å². The maximum Gasteiger partial charge on any atom is 0.336 e. The predicted molar refractivity (Wildman–Crippen MR) is 122 cm³/mol. The van der Waals surface area contributed by atoms with Crippen LogP contribution < -0.4 is 4.74 Å². The summed E-state index contributed by atoms with van der Waals surface area (Å²) in [6, 6.07) is 16.9. The van der Waals surface area contributed by atoms with Gasteiger partial charge in [0.1, 0.15) is 11.6 Å². The van der Waals surface area contributed by atoms with Crippen molar-refractivity contribution in [3.63, 3.8) is 0 Å². The molecule has 0 saturated heterocycles. The number of pyridine rings is 2. The van der Waals surface area contributed by atoms with Crippen LogP contribution in [0.4, 0.5) is 4.39 Å².